The molecule has 4 atom stereocenters. The van der Waals surface area contributed by atoms with Gasteiger partial charge in [-0.3, -0.25) is 4.79 Å². The van der Waals surface area contributed by atoms with Gasteiger partial charge in [0.25, 0.3) is 0 Å². The average Bonchev–Trinajstić information content (AvgIpc) is 3.04. The van der Waals surface area contributed by atoms with E-state index in [0.717, 1.165) is 32.4 Å². The number of nitrogens with one attached hydrogen (secondary N) is 1. The highest BCUT2D eigenvalue weighted by Crippen LogP contribution is 2.34. The Morgan fingerprint density at radius 3 is 2.88 bits per heavy atom. The number of ether oxygens (including phenoxy) is 1. The van der Waals surface area contributed by atoms with Crippen LogP contribution in [0, 0.1) is 5.92 Å². The molecule has 3 fully saturated rings. The summed E-state index contributed by atoms with van der Waals surface area (Å²) in [5, 5.41) is 3.53. The fourth-order valence-electron chi connectivity index (χ4n) is 3.56. The van der Waals surface area contributed by atoms with Crippen molar-refractivity contribution in [3.63, 3.8) is 0 Å². The number of amides is 1. The van der Waals surface area contributed by atoms with Crippen molar-refractivity contribution in [1.29, 1.82) is 0 Å². The lowest BCUT2D eigenvalue weighted by Gasteiger charge is -2.27. The van der Waals surface area contributed by atoms with Gasteiger partial charge in [-0.15, -0.1) is 0 Å². The second-order valence-corrected chi connectivity index (χ2v) is 5.74. The first-order chi connectivity index (χ1) is 8.24. The minimum Gasteiger partial charge on any atom is -0.376 e. The highest BCUT2D eigenvalue weighted by molar-refractivity contribution is 5.80. The lowest BCUT2D eigenvalue weighted by atomic mass is 9.88. The van der Waals surface area contributed by atoms with Gasteiger partial charge in [-0.1, -0.05) is 0 Å². The molecule has 1 amide bonds. The maximum absolute atomic E-state index is 12.4. The van der Waals surface area contributed by atoms with Crippen molar-refractivity contribution >= 4 is 5.91 Å². The van der Waals surface area contributed by atoms with Gasteiger partial charge in [-0.2, -0.15) is 0 Å². The van der Waals surface area contributed by atoms with Gasteiger partial charge < -0.3 is 15.0 Å². The predicted molar refractivity (Wildman–Crippen MR) is 64.7 cm³/mol. The van der Waals surface area contributed by atoms with Crippen LogP contribution in [0.15, 0.2) is 0 Å². The van der Waals surface area contributed by atoms with Crippen LogP contribution in [0.1, 0.15) is 32.1 Å². The van der Waals surface area contributed by atoms with Gasteiger partial charge in [-0.25, -0.2) is 0 Å². The number of hydrogen-bond donors (Lipinski definition) is 1. The summed E-state index contributed by atoms with van der Waals surface area (Å²) in [5.41, 5.74) is 0. The molecule has 96 valence electrons. The molecule has 17 heavy (non-hydrogen) atoms. The molecular formula is C13H22N2O2. The number of carbonyl (C=O) groups is 1. The largest absolute Gasteiger partial charge is 0.376 e. The fourth-order valence-corrected chi connectivity index (χ4v) is 3.56. The van der Waals surface area contributed by atoms with Crippen LogP contribution in [0.3, 0.4) is 0 Å². The zero-order valence-electron chi connectivity index (χ0n) is 10.5. The first-order valence-electron chi connectivity index (χ1n) is 6.86. The van der Waals surface area contributed by atoms with E-state index in [1.54, 1.807) is 0 Å². The lowest BCUT2D eigenvalue weighted by molar-refractivity contribution is -0.136. The van der Waals surface area contributed by atoms with E-state index in [1.165, 1.54) is 12.8 Å². The van der Waals surface area contributed by atoms with Crippen molar-refractivity contribution < 1.29 is 9.53 Å². The summed E-state index contributed by atoms with van der Waals surface area (Å²) < 4.78 is 5.59. The summed E-state index contributed by atoms with van der Waals surface area (Å²) in [6.45, 7) is 1.63. The van der Waals surface area contributed by atoms with Crippen LogP contribution in [0.25, 0.3) is 0 Å². The first-order valence-corrected chi connectivity index (χ1v) is 6.86. The highest BCUT2D eigenvalue weighted by Gasteiger charge is 2.43. The molecule has 0 aliphatic carbocycles. The lowest BCUT2D eigenvalue weighted by Crippen LogP contribution is -2.41. The standard InChI is InChI=1S/C13H22N2O2/c1-15(8-10-3-2-6-17-10)13(16)11-7-9-4-5-12(11)14-9/h9-12,14H,2-8H2,1H3. The van der Waals surface area contributed by atoms with Gasteiger partial charge in [0.05, 0.1) is 12.0 Å². The van der Waals surface area contributed by atoms with E-state index >= 15 is 0 Å². The average molecular weight is 238 g/mol. The van der Waals surface area contributed by atoms with Crippen molar-refractivity contribution in [3.8, 4) is 0 Å². The van der Waals surface area contributed by atoms with Crippen LogP contribution in [0.4, 0.5) is 0 Å². The SMILES string of the molecule is CN(CC1CCCO1)C(=O)C1CC2CCC1N2. The zero-order chi connectivity index (χ0) is 11.8. The Balaban J connectivity index is 1.54. The molecule has 4 heteroatoms. The van der Waals surface area contributed by atoms with Gasteiger partial charge in [0.15, 0.2) is 0 Å². The Kier molecular flexibility index (Phi) is 3.09. The molecule has 1 N–H and O–H groups in total. The number of hydrogen-bond acceptors (Lipinski definition) is 3. The Bertz CT molecular complexity index is 302. The van der Waals surface area contributed by atoms with Crippen LogP contribution in [0.5, 0.6) is 0 Å². The molecule has 3 heterocycles. The summed E-state index contributed by atoms with van der Waals surface area (Å²) >= 11 is 0. The number of rotatable bonds is 3. The maximum atomic E-state index is 12.4. The second kappa shape index (κ2) is 4.58. The van der Waals surface area contributed by atoms with Crippen LogP contribution in [0.2, 0.25) is 0 Å². The van der Waals surface area contributed by atoms with Gasteiger partial charge in [0.2, 0.25) is 5.91 Å². The van der Waals surface area contributed by atoms with Crippen molar-refractivity contribution in [1.82, 2.24) is 10.2 Å². The molecular weight excluding hydrogens is 216 g/mol. The predicted octanol–water partition coefficient (Wildman–Crippen LogP) is 0.764. The number of fused-ring (bicyclic) bond motifs is 2. The summed E-state index contributed by atoms with van der Waals surface area (Å²) in [5.74, 6) is 0.542. The Morgan fingerprint density at radius 1 is 1.41 bits per heavy atom. The Morgan fingerprint density at radius 2 is 2.29 bits per heavy atom. The highest BCUT2D eigenvalue weighted by atomic mass is 16.5. The van der Waals surface area contributed by atoms with E-state index in [0.29, 0.717) is 18.0 Å². The zero-order valence-corrected chi connectivity index (χ0v) is 10.5. The van der Waals surface area contributed by atoms with E-state index in [9.17, 15) is 4.79 Å². The fraction of sp³-hybridized carbons (Fsp3) is 0.923. The molecule has 0 saturated carbocycles. The quantitative estimate of drug-likeness (QED) is 0.789. The third-order valence-corrected chi connectivity index (χ3v) is 4.49. The molecule has 2 bridgehead atoms. The monoisotopic (exact) mass is 238 g/mol. The smallest absolute Gasteiger partial charge is 0.227 e. The van der Waals surface area contributed by atoms with E-state index in [-0.39, 0.29) is 12.0 Å². The van der Waals surface area contributed by atoms with Crippen molar-refractivity contribution in [2.24, 2.45) is 5.92 Å². The van der Waals surface area contributed by atoms with Gasteiger partial charge in [0, 0.05) is 32.3 Å². The van der Waals surface area contributed by atoms with E-state index in [4.69, 9.17) is 4.74 Å². The minimum atomic E-state index is 0.222. The molecule has 0 radical (unpaired) electrons. The van der Waals surface area contributed by atoms with Crippen molar-refractivity contribution in [2.45, 2.75) is 50.3 Å². The van der Waals surface area contributed by atoms with E-state index in [1.807, 2.05) is 11.9 Å². The third-order valence-electron chi connectivity index (χ3n) is 4.49. The van der Waals surface area contributed by atoms with Gasteiger partial charge in [-0.05, 0) is 32.1 Å². The van der Waals surface area contributed by atoms with E-state index < -0.39 is 0 Å². The number of nitrogens with zero attached hydrogens (tertiary/aromatic N) is 1. The summed E-state index contributed by atoms with van der Waals surface area (Å²) in [4.78, 5) is 14.2. The summed E-state index contributed by atoms with van der Waals surface area (Å²) in [7, 11) is 1.93. The number of likely N-dealkylation sites (N-methyl/N-ethyl adjacent to an activating group) is 1. The molecule has 3 aliphatic rings. The molecule has 0 aromatic heterocycles. The van der Waals surface area contributed by atoms with Crippen LogP contribution >= 0.6 is 0 Å². The molecule has 0 aromatic carbocycles. The number of carbonyl (C=O) groups excluding carboxylic acids is 1. The normalized spacial score (nSPS) is 39.8. The van der Waals surface area contributed by atoms with Crippen LogP contribution in [-0.4, -0.2) is 49.2 Å². The molecule has 0 aromatic rings. The van der Waals surface area contributed by atoms with Crippen LogP contribution in [-0.2, 0) is 9.53 Å². The third kappa shape index (κ3) is 2.20. The Hall–Kier alpha value is -0.610. The Labute approximate surface area is 103 Å². The molecule has 3 aliphatic heterocycles. The molecule has 4 nitrogen and oxygen atoms in total. The molecule has 0 spiro atoms. The van der Waals surface area contributed by atoms with Gasteiger partial charge in [0.1, 0.15) is 0 Å². The first kappa shape index (κ1) is 11.5. The molecule has 3 rings (SSSR count). The van der Waals surface area contributed by atoms with E-state index in [2.05, 4.69) is 5.32 Å². The maximum Gasteiger partial charge on any atom is 0.227 e. The summed E-state index contributed by atoms with van der Waals surface area (Å²) in [6, 6.07) is 1.05. The molecule has 3 saturated heterocycles. The molecule has 4 unspecified atom stereocenters. The van der Waals surface area contributed by atoms with Gasteiger partial charge >= 0.3 is 0 Å². The van der Waals surface area contributed by atoms with Crippen molar-refractivity contribution in [2.75, 3.05) is 20.2 Å². The van der Waals surface area contributed by atoms with Crippen molar-refractivity contribution in [3.05, 3.63) is 0 Å². The minimum absolute atomic E-state index is 0.222. The van der Waals surface area contributed by atoms with Crippen LogP contribution < -0.4 is 5.32 Å². The topological polar surface area (TPSA) is 41.6 Å². The summed E-state index contributed by atoms with van der Waals surface area (Å²) in [6.07, 6.45) is 5.99. The second-order valence-electron chi connectivity index (χ2n) is 5.74.